The molecule has 19 heavy (non-hydrogen) atoms. The largest absolute Gasteiger partial charge is 0.383 e. The van der Waals surface area contributed by atoms with Crippen molar-refractivity contribution in [1.29, 1.82) is 0 Å². The zero-order valence-corrected chi connectivity index (χ0v) is 11.9. The van der Waals surface area contributed by atoms with Gasteiger partial charge in [0, 0.05) is 26.0 Å². The van der Waals surface area contributed by atoms with E-state index in [1.807, 2.05) is 12.1 Å². The van der Waals surface area contributed by atoms with Gasteiger partial charge in [0.2, 0.25) is 0 Å². The van der Waals surface area contributed by atoms with Crippen LogP contribution in [-0.2, 0) is 15.9 Å². The maximum atomic E-state index is 5.87. The molecular formula is C14H25N3O2. The highest BCUT2D eigenvalue weighted by Gasteiger charge is 2.10. The Hall–Kier alpha value is -1.17. The summed E-state index contributed by atoms with van der Waals surface area (Å²) in [7, 11) is 1.68. The van der Waals surface area contributed by atoms with Gasteiger partial charge < -0.3 is 20.5 Å². The highest BCUT2D eigenvalue weighted by Crippen LogP contribution is 2.11. The molecule has 0 spiro atoms. The zero-order chi connectivity index (χ0) is 13.9. The fourth-order valence-electron chi connectivity index (χ4n) is 1.92. The van der Waals surface area contributed by atoms with Crippen LogP contribution >= 0.6 is 0 Å². The van der Waals surface area contributed by atoms with Gasteiger partial charge in [-0.25, -0.2) is 4.98 Å². The van der Waals surface area contributed by atoms with Crippen molar-refractivity contribution < 1.29 is 9.47 Å². The van der Waals surface area contributed by atoms with Crippen LogP contribution in [0.3, 0.4) is 0 Å². The summed E-state index contributed by atoms with van der Waals surface area (Å²) in [4.78, 5) is 4.12. The van der Waals surface area contributed by atoms with Crippen LogP contribution in [0.5, 0.6) is 0 Å². The molecule has 0 radical (unpaired) electrons. The Morgan fingerprint density at radius 3 is 2.89 bits per heavy atom. The second-order valence-electron chi connectivity index (χ2n) is 4.40. The molecule has 108 valence electrons. The summed E-state index contributed by atoms with van der Waals surface area (Å²) in [5.74, 6) is 0.616. The number of hydrogen-bond acceptors (Lipinski definition) is 5. The molecule has 1 unspecified atom stereocenters. The second-order valence-corrected chi connectivity index (χ2v) is 4.40. The normalized spacial score (nSPS) is 12.5. The monoisotopic (exact) mass is 267 g/mol. The van der Waals surface area contributed by atoms with E-state index >= 15 is 0 Å². The number of likely N-dealkylation sites (N-methyl/N-ethyl adjacent to an activating group) is 1. The summed E-state index contributed by atoms with van der Waals surface area (Å²) >= 11 is 0. The van der Waals surface area contributed by atoms with Crippen LogP contribution < -0.4 is 11.1 Å². The molecule has 0 saturated carbocycles. The quantitative estimate of drug-likeness (QED) is 0.624. The number of rotatable bonds is 10. The molecule has 1 aromatic rings. The first-order valence-electron chi connectivity index (χ1n) is 6.77. The lowest BCUT2D eigenvalue weighted by Crippen LogP contribution is -2.32. The minimum Gasteiger partial charge on any atom is -0.383 e. The predicted molar refractivity (Wildman–Crippen MR) is 77.1 cm³/mol. The summed E-state index contributed by atoms with van der Waals surface area (Å²) in [6.45, 7) is 5.04. The van der Waals surface area contributed by atoms with Gasteiger partial charge in [-0.2, -0.15) is 0 Å². The molecular weight excluding hydrogens is 242 g/mol. The Morgan fingerprint density at radius 2 is 2.21 bits per heavy atom. The Balaban J connectivity index is 2.37. The average Bonchev–Trinajstić information content (AvgIpc) is 2.41. The van der Waals surface area contributed by atoms with Crippen molar-refractivity contribution in [2.45, 2.75) is 25.8 Å². The summed E-state index contributed by atoms with van der Waals surface area (Å²) < 4.78 is 10.4. The number of ether oxygens (including phenoxy) is 2. The van der Waals surface area contributed by atoms with Crippen LogP contribution in [0.2, 0.25) is 0 Å². The standard InChI is InChI=1S/C14H25N3O2/c1-3-16-13(6-8-19-10-9-18-2)11-12-5-4-7-17-14(12)15/h4-5,7,13,16H,3,6,8-11H2,1-2H3,(H2,15,17). The Bertz CT molecular complexity index is 347. The summed E-state index contributed by atoms with van der Waals surface area (Å²) in [5, 5.41) is 3.45. The molecule has 0 aliphatic carbocycles. The topological polar surface area (TPSA) is 69.4 Å². The number of nitrogens with one attached hydrogen (secondary N) is 1. The van der Waals surface area contributed by atoms with Gasteiger partial charge in [-0.15, -0.1) is 0 Å². The highest BCUT2D eigenvalue weighted by atomic mass is 16.5. The van der Waals surface area contributed by atoms with Gasteiger partial charge in [0.1, 0.15) is 5.82 Å². The van der Waals surface area contributed by atoms with E-state index in [1.54, 1.807) is 13.3 Å². The van der Waals surface area contributed by atoms with E-state index < -0.39 is 0 Å². The molecule has 0 aliphatic heterocycles. The lowest BCUT2D eigenvalue weighted by Gasteiger charge is -2.18. The Morgan fingerprint density at radius 1 is 1.37 bits per heavy atom. The molecule has 0 bridgehead atoms. The lowest BCUT2D eigenvalue weighted by atomic mass is 10.0. The van der Waals surface area contributed by atoms with E-state index in [0.29, 0.717) is 25.1 Å². The van der Waals surface area contributed by atoms with E-state index in [0.717, 1.165) is 31.6 Å². The fourth-order valence-corrected chi connectivity index (χ4v) is 1.92. The zero-order valence-electron chi connectivity index (χ0n) is 11.9. The molecule has 0 aromatic carbocycles. The number of aromatic nitrogens is 1. The van der Waals surface area contributed by atoms with Crippen molar-refractivity contribution in [3.63, 3.8) is 0 Å². The predicted octanol–water partition coefficient (Wildman–Crippen LogP) is 1.24. The van der Waals surface area contributed by atoms with E-state index in [1.165, 1.54) is 0 Å². The number of anilines is 1. The molecule has 0 aliphatic rings. The molecule has 1 atom stereocenters. The second kappa shape index (κ2) is 9.72. The lowest BCUT2D eigenvalue weighted by molar-refractivity contribution is 0.0659. The van der Waals surface area contributed by atoms with Crippen LogP contribution in [-0.4, -0.2) is 44.5 Å². The van der Waals surface area contributed by atoms with Gasteiger partial charge >= 0.3 is 0 Å². The summed E-state index contributed by atoms with van der Waals surface area (Å²) in [6.07, 6.45) is 3.54. The minimum absolute atomic E-state index is 0.360. The van der Waals surface area contributed by atoms with Crippen LogP contribution in [0.1, 0.15) is 18.9 Å². The summed E-state index contributed by atoms with van der Waals surface area (Å²) in [5.41, 5.74) is 6.96. The number of pyridine rings is 1. The molecule has 0 fully saturated rings. The van der Waals surface area contributed by atoms with Crippen molar-refractivity contribution in [2.75, 3.05) is 39.2 Å². The van der Waals surface area contributed by atoms with Crippen molar-refractivity contribution in [2.24, 2.45) is 0 Å². The van der Waals surface area contributed by atoms with Crippen LogP contribution in [0.15, 0.2) is 18.3 Å². The van der Waals surface area contributed by atoms with Crippen molar-refractivity contribution >= 4 is 5.82 Å². The first-order chi connectivity index (χ1) is 9.27. The van der Waals surface area contributed by atoms with Gasteiger partial charge in [0.25, 0.3) is 0 Å². The average molecular weight is 267 g/mol. The number of nitrogens with zero attached hydrogens (tertiary/aromatic N) is 1. The molecule has 5 heteroatoms. The maximum absolute atomic E-state index is 5.87. The number of hydrogen-bond donors (Lipinski definition) is 2. The third-order valence-corrected chi connectivity index (χ3v) is 2.93. The fraction of sp³-hybridized carbons (Fsp3) is 0.643. The van der Waals surface area contributed by atoms with E-state index in [4.69, 9.17) is 15.2 Å². The number of methoxy groups -OCH3 is 1. The molecule has 1 rings (SSSR count). The smallest absolute Gasteiger partial charge is 0.126 e. The Kier molecular flexibility index (Phi) is 8.13. The van der Waals surface area contributed by atoms with Crippen molar-refractivity contribution in [3.8, 4) is 0 Å². The van der Waals surface area contributed by atoms with Gasteiger partial charge in [-0.3, -0.25) is 0 Å². The molecule has 0 amide bonds. The SMILES string of the molecule is CCNC(CCOCCOC)Cc1cccnc1N. The first kappa shape index (κ1) is 15.9. The van der Waals surface area contributed by atoms with Crippen molar-refractivity contribution in [1.82, 2.24) is 10.3 Å². The van der Waals surface area contributed by atoms with Crippen LogP contribution in [0, 0.1) is 0 Å². The minimum atomic E-state index is 0.360. The maximum Gasteiger partial charge on any atom is 0.126 e. The van der Waals surface area contributed by atoms with Gasteiger partial charge in [0.05, 0.1) is 13.2 Å². The van der Waals surface area contributed by atoms with Gasteiger partial charge in [-0.1, -0.05) is 13.0 Å². The molecule has 3 N–H and O–H groups in total. The van der Waals surface area contributed by atoms with E-state index in [-0.39, 0.29) is 0 Å². The summed E-state index contributed by atoms with van der Waals surface area (Å²) in [6, 6.07) is 4.31. The molecule has 1 heterocycles. The molecule has 1 aromatic heterocycles. The van der Waals surface area contributed by atoms with E-state index in [9.17, 15) is 0 Å². The van der Waals surface area contributed by atoms with Crippen LogP contribution in [0.25, 0.3) is 0 Å². The van der Waals surface area contributed by atoms with Gasteiger partial charge in [-0.05, 0) is 31.0 Å². The number of nitrogens with two attached hydrogens (primary N) is 1. The highest BCUT2D eigenvalue weighted by molar-refractivity contribution is 5.38. The number of nitrogen functional groups attached to an aromatic ring is 1. The Labute approximate surface area is 115 Å². The molecule has 5 nitrogen and oxygen atoms in total. The third-order valence-electron chi connectivity index (χ3n) is 2.93. The van der Waals surface area contributed by atoms with Gasteiger partial charge in [0.15, 0.2) is 0 Å². The van der Waals surface area contributed by atoms with Crippen LogP contribution in [0.4, 0.5) is 5.82 Å². The van der Waals surface area contributed by atoms with Crippen molar-refractivity contribution in [3.05, 3.63) is 23.9 Å². The third kappa shape index (κ3) is 6.52. The molecule has 0 saturated heterocycles. The first-order valence-corrected chi connectivity index (χ1v) is 6.77. The van der Waals surface area contributed by atoms with E-state index in [2.05, 4.69) is 17.2 Å².